The van der Waals surface area contributed by atoms with Gasteiger partial charge in [0.1, 0.15) is 18.3 Å². The largest absolute Gasteiger partial charge is 0.456 e. The molecule has 10 heteroatoms. The maximum absolute atomic E-state index is 13.0. The van der Waals surface area contributed by atoms with Crippen LogP contribution in [0.1, 0.15) is 48.9 Å². The zero-order valence-corrected chi connectivity index (χ0v) is 22.1. The smallest absolute Gasteiger partial charge is 0.338 e. The van der Waals surface area contributed by atoms with Crippen LogP contribution >= 0.6 is 22.6 Å². The Bertz CT molecular complexity index is 1040. The molecule has 0 spiro atoms. The van der Waals surface area contributed by atoms with Crippen LogP contribution in [-0.2, 0) is 23.8 Å². The number of amides is 2. The lowest BCUT2D eigenvalue weighted by atomic mass is 9.91. The molecular weight excluding hydrogens is 579 g/mol. The normalized spacial score (nSPS) is 26.5. The van der Waals surface area contributed by atoms with Gasteiger partial charge in [0.2, 0.25) is 11.8 Å². The number of aliphatic hydroxyl groups is 1. The minimum atomic E-state index is -0.668. The average Bonchev–Trinajstić information content (AvgIpc) is 3.79. The monoisotopic (exact) mass is 610 g/mol. The molecule has 3 N–H and O–H groups in total. The van der Waals surface area contributed by atoms with Crippen LogP contribution in [0.4, 0.5) is 0 Å². The number of halogens is 1. The van der Waals surface area contributed by atoms with E-state index in [0.717, 1.165) is 29.3 Å². The zero-order valence-electron chi connectivity index (χ0n) is 19.9. The summed E-state index contributed by atoms with van der Waals surface area (Å²) in [5.41, 5.74) is 0.904. The van der Waals surface area contributed by atoms with E-state index in [4.69, 9.17) is 19.3 Å². The van der Waals surface area contributed by atoms with E-state index in [-0.39, 0.29) is 44.4 Å². The van der Waals surface area contributed by atoms with Gasteiger partial charge in [0, 0.05) is 46.9 Å². The van der Waals surface area contributed by atoms with E-state index in [1.807, 2.05) is 6.07 Å². The van der Waals surface area contributed by atoms with Gasteiger partial charge in [-0.1, -0.05) is 6.07 Å². The summed E-state index contributed by atoms with van der Waals surface area (Å²) in [6.07, 6.45) is 4.69. The van der Waals surface area contributed by atoms with E-state index in [1.54, 1.807) is 24.3 Å². The molecule has 194 valence electrons. The van der Waals surface area contributed by atoms with Gasteiger partial charge in [0.15, 0.2) is 5.79 Å². The number of benzene rings is 1. The molecule has 1 aliphatic heterocycles. The molecule has 0 aromatic heterocycles. The standard InChI is InChI=1S/C26H31IN2O7/c27-19-3-1-2-15(12-19)25(33)34-20-13-16(24(32)29-9-8-22(31)28-10-11-30)14-21-23(20)36-26(35-21,17-4-5-17)18-6-7-18/h1-3,12,14,17-18,20-21,23,30H,4-11,13H2,(H,28,31)(H,29,32). The van der Waals surface area contributed by atoms with Gasteiger partial charge in [-0.25, -0.2) is 4.79 Å². The van der Waals surface area contributed by atoms with Crippen LogP contribution < -0.4 is 10.6 Å². The maximum atomic E-state index is 13.0. The summed E-state index contributed by atoms with van der Waals surface area (Å²) < 4.78 is 20.0. The van der Waals surface area contributed by atoms with Crippen LogP contribution in [0.25, 0.3) is 0 Å². The van der Waals surface area contributed by atoms with E-state index in [1.165, 1.54) is 0 Å². The number of hydrogen-bond donors (Lipinski definition) is 3. The molecular formula is C26H31IN2O7. The summed E-state index contributed by atoms with van der Waals surface area (Å²) in [5.74, 6) is -1.01. The lowest BCUT2D eigenvalue weighted by Gasteiger charge is -2.31. The first-order chi connectivity index (χ1) is 17.4. The number of ether oxygens (including phenoxy) is 3. The molecule has 1 aromatic rings. The van der Waals surface area contributed by atoms with Crippen molar-refractivity contribution in [3.05, 3.63) is 45.0 Å². The van der Waals surface area contributed by atoms with E-state index >= 15 is 0 Å². The van der Waals surface area contributed by atoms with Gasteiger partial charge in [-0.3, -0.25) is 9.59 Å². The summed E-state index contributed by atoms with van der Waals surface area (Å²) in [6, 6.07) is 7.18. The molecule has 4 aliphatic rings. The Kier molecular flexibility index (Phi) is 7.66. The zero-order chi connectivity index (χ0) is 25.3. The van der Waals surface area contributed by atoms with Crippen LogP contribution in [0.15, 0.2) is 35.9 Å². The average molecular weight is 610 g/mol. The highest BCUT2D eigenvalue weighted by molar-refractivity contribution is 14.1. The summed E-state index contributed by atoms with van der Waals surface area (Å²) in [4.78, 5) is 37.8. The molecule has 3 fully saturated rings. The lowest BCUT2D eigenvalue weighted by molar-refractivity contribution is -0.209. The topological polar surface area (TPSA) is 123 Å². The van der Waals surface area contributed by atoms with Crippen LogP contribution in [0, 0.1) is 15.4 Å². The van der Waals surface area contributed by atoms with Crippen molar-refractivity contribution >= 4 is 40.4 Å². The number of nitrogens with one attached hydrogen (secondary N) is 2. The highest BCUT2D eigenvalue weighted by atomic mass is 127. The van der Waals surface area contributed by atoms with E-state index in [0.29, 0.717) is 23.0 Å². The fraction of sp³-hybridized carbons (Fsp3) is 0.577. The molecule has 1 saturated heterocycles. The second kappa shape index (κ2) is 10.8. The molecule has 9 nitrogen and oxygen atoms in total. The first-order valence-corrected chi connectivity index (χ1v) is 13.7. The molecule has 3 atom stereocenters. The highest BCUT2D eigenvalue weighted by Crippen LogP contribution is 2.59. The summed E-state index contributed by atoms with van der Waals surface area (Å²) in [7, 11) is 0. The number of esters is 1. The minimum absolute atomic E-state index is 0.0994. The van der Waals surface area contributed by atoms with Gasteiger partial charge >= 0.3 is 5.97 Å². The highest BCUT2D eigenvalue weighted by Gasteiger charge is 2.64. The molecule has 0 bridgehead atoms. The first-order valence-electron chi connectivity index (χ1n) is 12.6. The number of rotatable bonds is 10. The Morgan fingerprint density at radius 2 is 1.83 bits per heavy atom. The Balaban J connectivity index is 1.30. The quantitative estimate of drug-likeness (QED) is 0.274. The van der Waals surface area contributed by atoms with Crippen molar-refractivity contribution in [3.63, 3.8) is 0 Å². The number of hydrogen-bond acceptors (Lipinski definition) is 7. The van der Waals surface area contributed by atoms with Crippen molar-refractivity contribution in [1.82, 2.24) is 10.6 Å². The van der Waals surface area contributed by atoms with Crippen LogP contribution in [0.2, 0.25) is 0 Å². The SMILES string of the molecule is O=C(CCNC(=O)C1=CC2OC(C3CC3)(C3CC3)OC2C(OC(=O)c2cccc(I)c2)C1)NCCO. The predicted octanol–water partition coefficient (Wildman–Crippen LogP) is 2.06. The van der Waals surface area contributed by atoms with Crippen molar-refractivity contribution in [1.29, 1.82) is 0 Å². The van der Waals surface area contributed by atoms with Crippen LogP contribution in [0.5, 0.6) is 0 Å². The summed E-state index contributed by atoms with van der Waals surface area (Å²) in [5, 5.41) is 14.1. The number of fused-ring (bicyclic) bond motifs is 1. The second-order valence-electron chi connectivity index (χ2n) is 9.86. The van der Waals surface area contributed by atoms with E-state index in [9.17, 15) is 14.4 Å². The third-order valence-corrected chi connectivity index (χ3v) is 7.76. The summed E-state index contributed by atoms with van der Waals surface area (Å²) in [6.45, 7) is 0.191. The Labute approximate surface area is 223 Å². The van der Waals surface area contributed by atoms with Gasteiger partial charge in [-0.05, 0) is 72.5 Å². The predicted molar refractivity (Wildman–Crippen MR) is 137 cm³/mol. The fourth-order valence-electron chi connectivity index (χ4n) is 5.08. The fourth-order valence-corrected chi connectivity index (χ4v) is 5.62. The maximum Gasteiger partial charge on any atom is 0.338 e. The van der Waals surface area contributed by atoms with Gasteiger partial charge in [-0.2, -0.15) is 0 Å². The van der Waals surface area contributed by atoms with Gasteiger partial charge in [0.05, 0.1) is 12.2 Å². The molecule has 3 aliphatic carbocycles. The Morgan fingerprint density at radius 3 is 2.50 bits per heavy atom. The molecule has 3 unspecified atom stereocenters. The van der Waals surface area contributed by atoms with Gasteiger partial charge < -0.3 is 30.0 Å². The van der Waals surface area contributed by atoms with Gasteiger partial charge in [-0.15, -0.1) is 0 Å². The number of aliphatic hydroxyl groups excluding tert-OH is 1. The number of carbonyl (C=O) groups is 3. The molecule has 0 radical (unpaired) electrons. The van der Waals surface area contributed by atoms with Crippen molar-refractivity contribution in [2.75, 3.05) is 19.7 Å². The van der Waals surface area contributed by atoms with Crippen molar-refractivity contribution in [2.24, 2.45) is 11.8 Å². The third-order valence-electron chi connectivity index (χ3n) is 7.09. The lowest BCUT2D eigenvalue weighted by Crippen LogP contribution is -2.44. The minimum Gasteiger partial charge on any atom is -0.456 e. The molecule has 2 amide bonds. The summed E-state index contributed by atoms with van der Waals surface area (Å²) >= 11 is 2.15. The van der Waals surface area contributed by atoms with Crippen molar-refractivity contribution < 1.29 is 33.7 Å². The van der Waals surface area contributed by atoms with Crippen molar-refractivity contribution in [2.45, 2.75) is 62.6 Å². The van der Waals surface area contributed by atoms with E-state index < -0.39 is 30.1 Å². The van der Waals surface area contributed by atoms with Crippen LogP contribution in [0.3, 0.4) is 0 Å². The first kappa shape index (κ1) is 25.6. The Morgan fingerprint density at radius 1 is 1.08 bits per heavy atom. The molecule has 36 heavy (non-hydrogen) atoms. The molecule has 1 aromatic carbocycles. The Hall–Kier alpha value is -2.02. The van der Waals surface area contributed by atoms with Crippen molar-refractivity contribution in [3.8, 4) is 0 Å². The number of carbonyl (C=O) groups excluding carboxylic acids is 3. The van der Waals surface area contributed by atoms with E-state index in [2.05, 4.69) is 33.2 Å². The van der Waals surface area contributed by atoms with Crippen LogP contribution in [-0.4, -0.2) is 66.7 Å². The molecule has 1 heterocycles. The second-order valence-corrected chi connectivity index (χ2v) is 11.1. The molecule has 2 saturated carbocycles. The molecule has 5 rings (SSSR count). The third kappa shape index (κ3) is 5.61. The van der Waals surface area contributed by atoms with Gasteiger partial charge in [0.25, 0.3) is 0 Å².